The molecule has 1 rings (SSSR count). The predicted octanol–water partition coefficient (Wildman–Crippen LogP) is 2.37. The van der Waals surface area contributed by atoms with Gasteiger partial charge in [0.05, 0.1) is 0 Å². The second kappa shape index (κ2) is 3.94. The van der Waals surface area contributed by atoms with Crippen molar-refractivity contribution in [2.45, 2.75) is 31.9 Å². The molecular weight excluding hydrogens is 212 g/mol. The van der Waals surface area contributed by atoms with Crippen LogP contribution in [0.25, 0.3) is 0 Å². The van der Waals surface area contributed by atoms with Gasteiger partial charge in [0, 0.05) is 0 Å². The summed E-state index contributed by atoms with van der Waals surface area (Å²) in [5.41, 5.74) is 1.48. The summed E-state index contributed by atoms with van der Waals surface area (Å²) in [7, 11) is -3.96. The standard InChI is InChI=1S/C11H16O3S/c1-11(2,3)10-7-5-4-6-9(10)8-15(12,13)14/h4-7H,8H2,1-3H3,(H,12,13,14). The van der Waals surface area contributed by atoms with Gasteiger partial charge in [-0.15, -0.1) is 0 Å². The zero-order valence-corrected chi connectivity index (χ0v) is 10.0. The molecule has 0 radical (unpaired) electrons. The van der Waals surface area contributed by atoms with Gasteiger partial charge in [-0.1, -0.05) is 45.0 Å². The highest BCUT2D eigenvalue weighted by Crippen LogP contribution is 2.26. The Bertz CT molecular complexity index is 441. The van der Waals surface area contributed by atoms with E-state index in [0.717, 1.165) is 5.56 Å². The zero-order valence-electron chi connectivity index (χ0n) is 9.19. The van der Waals surface area contributed by atoms with Gasteiger partial charge in [0.25, 0.3) is 10.1 Å². The Morgan fingerprint density at radius 2 is 1.73 bits per heavy atom. The first-order valence-electron chi connectivity index (χ1n) is 4.74. The molecule has 0 aromatic heterocycles. The van der Waals surface area contributed by atoms with Crippen LogP contribution in [0.2, 0.25) is 0 Å². The van der Waals surface area contributed by atoms with E-state index in [9.17, 15) is 8.42 Å². The van der Waals surface area contributed by atoms with E-state index in [0.29, 0.717) is 5.56 Å². The molecule has 84 valence electrons. The van der Waals surface area contributed by atoms with Crippen molar-refractivity contribution in [2.75, 3.05) is 0 Å². The Kier molecular flexibility index (Phi) is 3.21. The van der Waals surface area contributed by atoms with Crippen LogP contribution in [0.1, 0.15) is 31.9 Å². The van der Waals surface area contributed by atoms with E-state index in [2.05, 4.69) is 0 Å². The van der Waals surface area contributed by atoms with Gasteiger partial charge in [0.2, 0.25) is 0 Å². The molecule has 0 heterocycles. The fourth-order valence-corrected chi connectivity index (χ4v) is 2.22. The lowest BCUT2D eigenvalue weighted by molar-refractivity contribution is 0.481. The highest BCUT2D eigenvalue weighted by Gasteiger charge is 2.19. The molecule has 1 N–H and O–H groups in total. The lowest BCUT2D eigenvalue weighted by atomic mass is 9.84. The van der Waals surface area contributed by atoms with Crippen molar-refractivity contribution in [3.05, 3.63) is 35.4 Å². The largest absolute Gasteiger partial charge is 0.285 e. The van der Waals surface area contributed by atoms with Gasteiger partial charge in [-0.2, -0.15) is 8.42 Å². The molecule has 0 saturated heterocycles. The first-order chi connectivity index (χ1) is 6.70. The first kappa shape index (κ1) is 12.2. The van der Waals surface area contributed by atoms with Gasteiger partial charge in [-0.25, -0.2) is 0 Å². The summed E-state index contributed by atoms with van der Waals surface area (Å²) in [6, 6.07) is 7.26. The summed E-state index contributed by atoms with van der Waals surface area (Å²) >= 11 is 0. The van der Waals surface area contributed by atoms with Gasteiger partial charge < -0.3 is 0 Å². The van der Waals surface area contributed by atoms with Crippen molar-refractivity contribution in [2.24, 2.45) is 0 Å². The molecule has 0 saturated carbocycles. The molecule has 15 heavy (non-hydrogen) atoms. The van der Waals surface area contributed by atoms with Gasteiger partial charge >= 0.3 is 0 Å². The molecular formula is C11H16O3S. The molecule has 0 bridgehead atoms. The minimum Gasteiger partial charge on any atom is -0.285 e. The summed E-state index contributed by atoms with van der Waals surface area (Å²) < 4.78 is 30.5. The van der Waals surface area contributed by atoms with Gasteiger partial charge in [-0.3, -0.25) is 4.55 Å². The van der Waals surface area contributed by atoms with Crippen molar-refractivity contribution < 1.29 is 13.0 Å². The second-order valence-corrected chi connectivity index (χ2v) is 6.09. The fourth-order valence-electron chi connectivity index (χ4n) is 1.57. The van der Waals surface area contributed by atoms with Crippen LogP contribution < -0.4 is 0 Å². The smallest absolute Gasteiger partial charge is 0.269 e. The van der Waals surface area contributed by atoms with E-state index in [1.165, 1.54) is 0 Å². The topological polar surface area (TPSA) is 54.4 Å². The van der Waals surface area contributed by atoms with E-state index in [1.807, 2.05) is 32.9 Å². The average Bonchev–Trinajstić information content (AvgIpc) is 1.99. The third kappa shape index (κ3) is 3.64. The number of benzene rings is 1. The normalized spacial score (nSPS) is 12.8. The van der Waals surface area contributed by atoms with Crippen LogP contribution in [-0.4, -0.2) is 13.0 Å². The Hall–Kier alpha value is -0.870. The third-order valence-electron chi connectivity index (χ3n) is 2.16. The maximum absolute atomic E-state index is 10.8. The molecule has 0 atom stereocenters. The molecule has 1 aromatic rings. The first-order valence-corrected chi connectivity index (χ1v) is 6.34. The summed E-state index contributed by atoms with van der Waals surface area (Å²) in [5, 5.41) is 0. The van der Waals surface area contributed by atoms with Gasteiger partial charge in [0.15, 0.2) is 0 Å². The monoisotopic (exact) mass is 228 g/mol. The maximum atomic E-state index is 10.8. The highest BCUT2D eigenvalue weighted by atomic mass is 32.2. The van der Waals surface area contributed by atoms with E-state index < -0.39 is 10.1 Å². The lowest BCUT2D eigenvalue weighted by Gasteiger charge is -2.22. The van der Waals surface area contributed by atoms with E-state index >= 15 is 0 Å². The van der Waals surface area contributed by atoms with Crippen molar-refractivity contribution in [1.82, 2.24) is 0 Å². The molecule has 0 fully saturated rings. The molecule has 0 spiro atoms. The van der Waals surface area contributed by atoms with Gasteiger partial charge in [-0.05, 0) is 16.5 Å². The summed E-state index contributed by atoms with van der Waals surface area (Å²) in [6.07, 6.45) is 0. The Morgan fingerprint density at radius 1 is 1.20 bits per heavy atom. The van der Waals surface area contributed by atoms with Crippen molar-refractivity contribution in [1.29, 1.82) is 0 Å². The second-order valence-electron chi connectivity index (χ2n) is 4.63. The van der Waals surface area contributed by atoms with E-state index in [4.69, 9.17) is 4.55 Å². The summed E-state index contributed by atoms with van der Waals surface area (Å²) in [4.78, 5) is 0. The Balaban J connectivity index is 3.19. The van der Waals surface area contributed by atoms with Crippen LogP contribution in [-0.2, 0) is 21.3 Å². The molecule has 1 aromatic carbocycles. The molecule has 0 aliphatic heterocycles. The minimum absolute atomic E-state index is 0.124. The van der Waals surface area contributed by atoms with Crippen LogP contribution in [0.3, 0.4) is 0 Å². The van der Waals surface area contributed by atoms with Gasteiger partial charge in [0.1, 0.15) is 5.75 Å². The van der Waals surface area contributed by atoms with Crippen molar-refractivity contribution in [3.8, 4) is 0 Å². The molecule has 0 unspecified atom stereocenters. The van der Waals surface area contributed by atoms with Crippen LogP contribution in [0.15, 0.2) is 24.3 Å². The van der Waals surface area contributed by atoms with E-state index in [-0.39, 0.29) is 11.2 Å². The maximum Gasteiger partial charge on any atom is 0.269 e. The number of hydrogen-bond acceptors (Lipinski definition) is 2. The molecule has 0 amide bonds. The number of hydrogen-bond donors (Lipinski definition) is 1. The summed E-state index contributed by atoms with van der Waals surface area (Å²) in [5.74, 6) is -0.319. The van der Waals surface area contributed by atoms with Crippen molar-refractivity contribution in [3.63, 3.8) is 0 Å². The minimum atomic E-state index is -3.96. The molecule has 3 nitrogen and oxygen atoms in total. The van der Waals surface area contributed by atoms with E-state index in [1.54, 1.807) is 12.1 Å². The Labute approximate surface area is 90.9 Å². The average molecular weight is 228 g/mol. The van der Waals surface area contributed by atoms with Crippen LogP contribution in [0, 0.1) is 0 Å². The van der Waals surface area contributed by atoms with Crippen LogP contribution >= 0.6 is 0 Å². The van der Waals surface area contributed by atoms with Crippen LogP contribution in [0.4, 0.5) is 0 Å². The molecule has 0 aliphatic rings. The molecule has 4 heteroatoms. The number of rotatable bonds is 2. The Morgan fingerprint density at radius 3 is 2.20 bits per heavy atom. The SMILES string of the molecule is CC(C)(C)c1ccccc1CS(=O)(=O)O. The molecule has 0 aliphatic carbocycles. The fraction of sp³-hybridized carbons (Fsp3) is 0.455. The van der Waals surface area contributed by atoms with Crippen LogP contribution in [0.5, 0.6) is 0 Å². The highest BCUT2D eigenvalue weighted by molar-refractivity contribution is 7.85. The quantitative estimate of drug-likeness (QED) is 0.791. The third-order valence-corrected chi connectivity index (χ3v) is 2.84. The summed E-state index contributed by atoms with van der Waals surface area (Å²) in [6.45, 7) is 6.03. The lowest BCUT2D eigenvalue weighted by Crippen LogP contribution is -2.16. The van der Waals surface area contributed by atoms with Crippen molar-refractivity contribution >= 4 is 10.1 Å². The predicted molar refractivity (Wildman–Crippen MR) is 60.4 cm³/mol. The zero-order chi connectivity index (χ0) is 11.7.